The first-order valence-corrected chi connectivity index (χ1v) is 4.90. The van der Waals surface area contributed by atoms with Crippen LogP contribution in [0.1, 0.15) is 12.5 Å². The Kier molecular flexibility index (Phi) is 3.87. The minimum atomic E-state index is 0. The molecule has 2 rings (SSSR count). The Hall–Kier alpha value is -1.34. The van der Waals surface area contributed by atoms with Crippen LogP contribution in [0.3, 0.4) is 0 Å². The minimum Gasteiger partial charge on any atom is -1.00 e. The summed E-state index contributed by atoms with van der Waals surface area (Å²) in [5.41, 5.74) is 2.28. The van der Waals surface area contributed by atoms with E-state index in [0.29, 0.717) is 0 Å². The molecule has 1 N–H and O–H groups in total. The fourth-order valence-electron chi connectivity index (χ4n) is 1.71. The number of halogens is 1. The molecule has 78 valence electrons. The van der Waals surface area contributed by atoms with Crippen molar-refractivity contribution >= 4 is 16.5 Å². The summed E-state index contributed by atoms with van der Waals surface area (Å²) in [5.74, 6) is 0. The molecule has 0 bridgehead atoms. The van der Waals surface area contributed by atoms with E-state index in [-0.39, 0.29) is 12.4 Å². The van der Waals surface area contributed by atoms with Gasteiger partial charge in [-0.05, 0) is 19.1 Å². The van der Waals surface area contributed by atoms with E-state index in [2.05, 4.69) is 49.5 Å². The maximum atomic E-state index is 4.02. The lowest BCUT2D eigenvalue weighted by Gasteiger charge is -2.04. The van der Waals surface area contributed by atoms with Crippen LogP contribution in [-0.4, -0.2) is 6.54 Å². The van der Waals surface area contributed by atoms with Gasteiger partial charge in [-0.15, -0.1) is 0 Å². The number of hydrogen-bond acceptors (Lipinski definition) is 1. The number of rotatable bonds is 2. The first-order chi connectivity index (χ1) is 6.83. The molecule has 0 aliphatic carbocycles. The zero-order valence-corrected chi connectivity index (χ0v) is 9.51. The van der Waals surface area contributed by atoms with Crippen molar-refractivity contribution < 1.29 is 12.4 Å². The van der Waals surface area contributed by atoms with Crippen LogP contribution in [0.25, 0.3) is 10.8 Å². The lowest BCUT2D eigenvalue weighted by atomic mass is 10.0. The summed E-state index contributed by atoms with van der Waals surface area (Å²) in [4.78, 5) is 0. The van der Waals surface area contributed by atoms with Crippen LogP contribution < -0.4 is 17.7 Å². The molecule has 0 aliphatic rings. The summed E-state index contributed by atoms with van der Waals surface area (Å²) in [6.45, 7) is 7.07. The first kappa shape index (κ1) is 11.7. The molecule has 15 heavy (non-hydrogen) atoms. The van der Waals surface area contributed by atoms with Gasteiger partial charge in [-0.1, -0.05) is 6.07 Å². The van der Waals surface area contributed by atoms with E-state index in [9.17, 15) is 0 Å². The molecule has 0 radical (unpaired) electrons. The Labute approximate surface area is 96.9 Å². The highest BCUT2D eigenvalue weighted by Crippen LogP contribution is 2.25. The van der Waals surface area contributed by atoms with Crippen LogP contribution >= 0.6 is 0 Å². The van der Waals surface area contributed by atoms with E-state index < -0.39 is 0 Å². The van der Waals surface area contributed by atoms with Crippen molar-refractivity contribution in [3.8, 4) is 0 Å². The molecule has 0 heterocycles. The molecule has 0 spiro atoms. The van der Waals surface area contributed by atoms with Crippen LogP contribution in [0.4, 0.5) is 5.69 Å². The van der Waals surface area contributed by atoms with Gasteiger partial charge in [0.2, 0.25) is 0 Å². The van der Waals surface area contributed by atoms with Crippen molar-refractivity contribution in [2.45, 2.75) is 6.92 Å². The average Bonchev–Trinajstić information content (AvgIpc) is 2.23. The number of fused-ring (bicyclic) bond motifs is 1. The second-order valence-corrected chi connectivity index (χ2v) is 3.35. The molecule has 0 fully saturated rings. The number of nitrogens with one attached hydrogen (secondary N) is 1. The molecule has 2 aromatic rings. The molecule has 2 heteroatoms. The molecular weight excluding hydrogens is 206 g/mol. The predicted octanol–water partition coefficient (Wildman–Crippen LogP) is 0.458. The quantitative estimate of drug-likeness (QED) is 0.724. The zero-order valence-electron chi connectivity index (χ0n) is 8.76. The van der Waals surface area contributed by atoms with E-state index in [0.717, 1.165) is 12.1 Å². The number of hydrogen-bond donors (Lipinski definition) is 1. The van der Waals surface area contributed by atoms with Gasteiger partial charge < -0.3 is 17.7 Å². The standard InChI is InChI=1S/C13H14N.ClH/c1-3-14-13-9-8-10(2)11-6-4-5-7-12(11)13;/h4-9,14H,2-3H2,1H3;1H/q+1;/p-1. The van der Waals surface area contributed by atoms with E-state index in [1.807, 2.05) is 6.07 Å². The summed E-state index contributed by atoms with van der Waals surface area (Å²) >= 11 is 0. The van der Waals surface area contributed by atoms with E-state index in [1.54, 1.807) is 0 Å². The van der Waals surface area contributed by atoms with Gasteiger partial charge in [-0.25, -0.2) is 0 Å². The molecule has 2 aromatic carbocycles. The highest BCUT2D eigenvalue weighted by Gasteiger charge is 2.07. The van der Waals surface area contributed by atoms with E-state index in [4.69, 9.17) is 0 Å². The van der Waals surface area contributed by atoms with Gasteiger partial charge in [0.25, 0.3) is 0 Å². The van der Waals surface area contributed by atoms with Crippen molar-refractivity contribution in [2.75, 3.05) is 11.9 Å². The molecule has 0 amide bonds. The molecule has 0 aromatic heterocycles. The molecule has 1 nitrogen and oxygen atoms in total. The molecule has 0 saturated heterocycles. The van der Waals surface area contributed by atoms with Crippen molar-refractivity contribution in [3.05, 3.63) is 48.9 Å². The fourth-order valence-corrected chi connectivity index (χ4v) is 1.71. The Bertz CT molecular complexity index is 451. The lowest BCUT2D eigenvalue weighted by Crippen LogP contribution is -3.00. The van der Waals surface area contributed by atoms with Crippen LogP contribution in [0.5, 0.6) is 0 Å². The maximum Gasteiger partial charge on any atom is 0.135 e. The SMILES string of the molecule is [CH2+]c1ccc(NCC)c2ccccc12.[Cl-]. The normalized spacial score (nSPS) is 9.67. The first-order valence-electron chi connectivity index (χ1n) is 4.90. The van der Waals surface area contributed by atoms with Crippen molar-refractivity contribution in [1.82, 2.24) is 0 Å². The molecule has 0 atom stereocenters. The van der Waals surface area contributed by atoms with Gasteiger partial charge in [0.1, 0.15) is 5.56 Å². The highest BCUT2D eigenvalue weighted by molar-refractivity contribution is 5.96. The van der Waals surface area contributed by atoms with Gasteiger partial charge >= 0.3 is 0 Å². The maximum absolute atomic E-state index is 4.02. The zero-order chi connectivity index (χ0) is 9.97. The van der Waals surface area contributed by atoms with Gasteiger partial charge in [-0.2, -0.15) is 0 Å². The summed E-state index contributed by atoms with van der Waals surface area (Å²) in [6.07, 6.45) is 0. The predicted molar refractivity (Wildman–Crippen MR) is 62.6 cm³/mol. The largest absolute Gasteiger partial charge is 1.00 e. The summed E-state index contributed by atoms with van der Waals surface area (Å²) in [6, 6.07) is 12.5. The summed E-state index contributed by atoms with van der Waals surface area (Å²) in [5, 5.41) is 5.83. The molecule has 0 saturated carbocycles. The summed E-state index contributed by atoms with van der Waals surface area (Å²) < 4.78 is 0. The molecule has 0 aliphatic heterocycles. The third-order valence-corrected chi connectivity index (χ3v) is 2.38. The third-order valence-electron chi connectivity index (χ3n) is 2.38. The third kappa shape index (κ3) is 2.18. The van der Waals surface area contributed by atoms with Gasteiger partial charge in [0, 0.05) is 31.7 Å². The van der Waals surface area contributed by atoms with E-state index >= 15 is 0 Å². The number of anilines is 1. The lowest BCUT2D eigenvalue weighted by molar-refractivity contribution is -0.00000278. The highest BCUT2D eigenvalue weighted by atomic mass is 35.5. The number of benzene rings is 2. The second kappa shape index (κ2) is 4.94. The van der Waals surface area contributed by atoms with Crippen molar-refractivity contribution in [3.63, 3.8) is 0 Å². The van der Waals surface area contributed by atoms with Gasteiger partial charge in [0.05, 0.1) is 16.5 Å². The summed E-state index contributed by atoms with van der Waals surface area (Å²) in [7, 11) is 0. The van der Waals surface area contributed by atoms with E-state index in [1.165, 1.54) is 16.5 Å². The monoisotopic (exact) mass is 219 g/mol. The van der Waals surface area contributed by atoms with Gasteiger partial charge in [0.15, 0.2) is 0 Å². The van der Waals surface area contributed by atoms with Gasteiger partial charge in [-0.3, -0.25) is 0 Å². The Morgan fingerprint density at radius 2 is 1.73 bits per heavy atom. The van der Waals surface area contributed by atoms with Crippen LogP contribution in [0.15, 0.2) is 36.4 Å². The van der Waals surface area contributed by atoms with Crippen LogP contribution in [0, 0.1) is 6.92 Å². The Balaban J connectivity index is 0.00000112. The van der Waals surface area contributed by atoms with Crippen LogP contribution in [0.2, 0.25) is 0 Å². The Morgan fingerprint density at radius 3 is 2.40 bits per heavy atom. The molecular formula is C13H14ClN. The van der Waals surface area contributed by atoms with Crippen LogP contribution in [-0.2, 0) is 0 Å². The van der Waals surface area contributed by atoms with Crippen molar-refractivity contribution in [2.24, 2.45) is 0 Å². The second-order valence-electron chi connectivity index (χ2n) is 3.35. The average molecular weight is 220 g/mol. The fraction of sp³-hybridized carbons (Fsp3) is 0.154. The smallest absolute Gasteiger partial charge is 0.135 e. The Morgan fingerprint density at radius 1 is 1.07 bits per heavy atom. The topological polar surface area (TPSA) is 12.0 Å². The molecule has 0 unspecified atom stereocenters. The minimum absolute atomic E-state index is 0. The van der Waals surface area contributed by atoms with Crippen molar-refractivity contribution in [1.29, 1.82) is 0 Å².